The molecule has 0 radical (unpaired) electrons. The zero-order chi connectivity index (χ0) is 17.6. The van der Waals surface area contributed by atoms with E-state index < -0.39 is 0 Å². The second-order valence-corrected chi connectivity index (χ2v) is 5.97. The Kier molecular flexibility index (Phi) is 5.28. The van der Waals surface area contributed by atoms with Crippen LogP contribution in [0, 0.1) is 6.92 Å². The van der Waals surface area contributed by atoms with E-state index in [0.717, 1.165) is 32.0 Å². The lowest BCUT2D eigenvalue weighted by Gasteiger charge is -2.36. The van der Waals surface area contributed by atoms with Crippen LogP contribution in [0.4, 0.5) is 11.5 Å². The zero-order valence-corrected chi connectivity index (χ0v) is 14.5. The van der Waals surface area contributed by atoms with Gasteiger partial charge in [-0.2, -0.15) is 0 Å². The number of piperazine rings is 1. The van der Waals surface area contributed by atoms with E-state index >= 15 is 0 Å². The first-order valence-electron chi connectivity index (χ1n) is 8.47. The summed E-state index contributed by atoms with van der Waals surface area (Å²) in [6.07, 6.45) is 1.65. The van der Waals surface area contributed by atoms with Gasteiger partial charge < -0.3 is 15.1 Å². The van der Waals surface area contributed by atoms with Crippen LogP contribution < -0.4 is 15.1 Å². The fourth-order valence-electron chi connectivity index (χ4n) is 2.92. The number of benzene rings is 1. The number of rotatable bonds is 5. The van der Waals surface area contributed by atoms with Crippen molar-refractivity contribution in [3.05, 3.63) is 60.6 Å². The van der Waals surface area contributed by atoms with E-state index in [1.807, 2.05) is 13.0 Å². The SMILES string of the molecule is C=CCNC(=O)c1cc(N2CCN(c3ccccc3)CC2)nc(C)n1. The molecule has 1 fully saturated rings. The van der Waals surface area contributed by atoms with Crippen molar-refractivity contribution >= 4 is 17.4 Å². The van der Waals surface area contributed by atoms with E-state index in [-0.39, 0.29) is 5.91 Å². The molecule has 0 bridgehead atoms. The number of hydrogen-bond donors (Lipinski definition) is 1. The maximum Gasteiger partial charge on any atom is 0.270 e. The van der Waals surface area contributed by atoms with E-state index in [0.29, 0.717) is 18.1 Å². The van der Waals surface area contributed by atoms with Crippen molar-refractivity contribution < 1.29 is 4.79 Å². The molecule has 0 atom stereocenters. The smallest absolute Gasteiger partial charge is 0.270 e. The minimum absolute atomic E-state index is 0.199. The van der Waals surface area contributed by atoms with Gasteiger partial charge in [-0.1, -0.05) is 24.3 Å². The maximum atomic E-state index is 12.2. The number of nitrogens with one attached hydrogen (secondary N) is 1. The number of nitrogens with zero attached hydrogens (tertiary/aromatic N) is 4. The van der Waals surface area contributed by atoms with Crippen molar-refractivity contribution in [3.63, 3.8) is 0 Å². The third-order valence-electron chi connectivity index (χ3n) is 4.19. The Hall–Kier alpha value is -2.89. The molecule has 1 aliphatic rings. The van der Waals surface area contributed by atoms with Gasteiger partial charge in [0.15, 0.2) is 0 Å². The predicted octanol–water partition coefficient (Wildman–Crippen LogP) is 2.03. The van der Waals surface area contributed by atoms with Crippen LogP contribution in [0.5, 0.6) is 0 Å². The Labute approximate surface area is 148 Å². The summed E-state index contributed by atoms with van der Waals surface area (Å²) < 4.78 is 0. The van der Waals surface area contributed by atoms with Crippen molar-refractivity contribution in [3.8, 4) is 0 Å². The lowest BCUT2D eigenvalue weighted by Crippen LogP contribution is -2.47. The van der Waals surface area contributed by atoms with Gasteiger partial charge in [0.05, 0.1) is 0 Å². The summed E-state index contributed by atoms with van der Waals surface area (Å²) in [5.41, 5.74) is 1.64. The summed E-state index contributed by atoms with van der Waals surface area (Å²) in [5, 5.41) is 2.76. The molecule has 1 aliphatic heterocycles. The molecule has 0 aliphatic carbocycles. The summed E-state index contributed by atoms with van der Waals surface area (Å²) in [7, 11) is 0. The van der Waals surface area contributed by atoms with Crippen LogP contribution >= 0.6 is 0 Å². The Morgan fingerprint density at radius 1 is 1.16 bits per heavy atom. The third kappa shape index (κ3) is 4.15. The number of carbonyl (C=O) groups excluding carboxylic acids is 1. The topological polar surface area (TPSA) is 61.4 Å². The lowest BCUT2D eigenvalue weighted by atomic mass is 10.2. The van der Waals surface area contributed by atoms with Gasteiger partial charge in [0.1, 0.15) is 17.3 Å². The molecule has 0 spiro atoms. The van der Waals surface area contributed by atoms with Crippen LogP contribution in [0.15, 0.2) is 49.1 Å². The average Bonchev–Trinajstić information content (AvgIpc) is 2.66. The first kappa shape index (κ1) is 17.0. The molecule has 3 rings (SSSR count). The molecule has 25 heavy (non-hydrogen) atoms. The largest absolute Gasteiger partial charge is 0.368 e. The molecule has 1 aromatic heterocycles. The van der Waals surface area contributed by atoms with Gasteiger partial charge in [0, 0.05) is 44.5 Å². The summed E-state index contributed by atoms with van der Waals surface area (Å²) in [5.74, 6) is 1.21. The molecular formula is C19H23N5O. The minimum atomic E-state index is -0.199. The normalized spacial score (nSPS) is 14.3. The standard InChI is InChI=1S/C19H23N5O/c1-3-9-20-19(25)17-14-18(22-15(2)21-17)24-12-10-23(11-13-24)16-7-5-4-6-8-16/h3-8,14H,1,9-13H2,2H3,(H,20,25). The second kappa shape index (κ2) is 7.79. The van der Waals surface area contributed by atoms with E-state index in [1.54, 1.807) is 12.1 Å². The van der Waals surface area contributed by atoms with Crippen LogP contribution in [0.25, 0.3) is 0 Å². The van der Waals surface area contributed by atoms with Gasteiger partial charge in [0.2, 0.25) is 0 Å². The highest BCUT2D eigenvalue weighted by molar-refractivity contribution is 5.93. The molecule has 2 aromatic rings. The number of aryl methyl sites for hydroxylation is 1. The monoisotopic (exact) mass is 337 g/mol. The number of anilines is 2. The van der Waals surface area contributed by atoms with Crippen LogP contribution in [0.3, 0.4) is 0 Å². The molecule has 2 heterocycles. The van der Waals surface area contributed by atoms with Crippen molar-refractivity contribution in [2.45, 2.75) is 6.92 Å². The van der Waals surface area contributed by atoms with Crippen LogP contribution in [-0.4, -0.2) is 48.6 Å². The highest BCUT2D eigenvalue weighted by Crippen LogP contribution is 2.19. The number of para-hydroxylation sites is 1. The molecule has 0 unspecified atom stereocenters. The van der Waals surface area contributed by atoms with Crippen LogP contribution in [0.2, 0.25) is 0 Å². The highest BCUT2D eigenvalue weighted by Gasteiger charge is 2.20. The second-order valence-electron chi connectivity index (χ2n) is 5.97. The summed E-state index contributed by atoms with van der Waals surface area (Å²) >= 11 is 0. The Bertz CT molecular complexity index is 739. The first-order chi connectivity index (χ1) is 12.2. The molecule has 1 aromatic carbocycles. The van der Waals surface area contributed by atoms with Gasteiger partial charge >= 0.3 is 0 Å². The average molecular weight is 337 g/mol. The highest BCUT2D eigenvalue weighted by atomic mass is 16.1. The third-order valence-corrected chi connectivity index (χ3v) is 4.19. The number of carbonyl (C=O) groups is 1. The first-order valence-corrected chi connectivity index (χ1v) is 8.47. The minimum Gasteiger partial charge on any atom is -0.368 e. The lowest BCUT2D eigenvalue weighted by molar-refractivity contribution is 0.0952. The van der Waals surface area contributed by atoms with Crippen LogP contribution in [0.1, 0.15) is 16.3 Å². The summed E-state index contributed by atoms with van der Waals surface area (Å²) in [4.78, 5) is 25.5. The summed E-state index contributed by atoms with van der Waals surface area (Å²) in [6.45, 7) is 9.41. The molecule has 1 N–H and O–H groups in total. The fourth-order valence-corrected chi connectivity index (χ4v) is 2.92. The van der Waals surface area contributed by atoms with Crippen molar-refractivity contribution in [1.82, 2.24) is 15.3 Å². The number of hydrogen-bond acceptors (Lipinski definition) is 5. The molecule has 6 nitrogen and oxygen atoms in total. The van der Waals surface area contributed by atoms with E-state index in [2.05, 4.69) is 55.9 Å². The van der Waals surface area contributed by atoms with E-state index in [9.17, 15) is 4.79 Å². The zero-order valence-electron chi connectivity index (χ0n) is 14.5. The molecule has 0 saturated carbocycles. The van der Waals surface area contributed by atoms with Gasteiger partial charge in [0.25, 0.3) is 5.91 Å². The Morgan fingerprint density at radius 2 is 1.84 bits per heavy atom. The fraction of sp³-hybridized carbons (Fsp3) is 0.316. The van der Waals surface area contributed by atoms with Gasteiger partial charge in [-0.25, -0.2) is 9.97 Å². The Balaban J connectivity index is 1.69. The van der Waals surface area contributed by atoms with Crippen molar-refractivity contribution in [1.29, 1.82) is 0 Å². The maximum absolute atomic E-state index is 12.2. The van der Waals surface area contributed by atoms with E-state index in [4.69, 9.17) is 0 Å². The number of aromatic nitrogens is 2. The van der Waals surface area contributed by atoms with Crippen LogP contribution in [-0.2, 0) is 0 Å². The Morgan fingerprint density at radius 3 is 2.52 bits per heavy atom. The van der Waals surface area contributed by atoms with Gasteiger partial charge in [-0.3, -0.25) is 4.79 Å². The quantitative estimate of drug-likeness (QED) is 0.846. The van der Waals surface area contributed by atoms with Crippen molar-refractivity contribution in [2.75, 3.05) is 42.5 Å². The summed E-state index contributed by atoms with van der Waals surface area (Å²) in [6, 6.07) is 12.2. The number of amides is 1. The molecule has 6 heteroatoms. The molecule has 1 saturated heterocycles. The van der Waals surface area contributed by atoms with Crippen molar-refractivity contribution in [2.24, 2.45) is 0 Å². The predicted molar refractivity (Wildman–Crippen MR) is 100 cm³/mol. The van der Waals surface area contributed by atoms with E-state index in [1.165, 1.54) is 5.69 Å². The van der Waals surface area contributed by atoms with Gasteiger partial charge in [-0.05, 0) is 19.1 Å². The molecular weight excluding hydrogens is 314 g/mol. The molecule has 130 valence electrons. The van der Waals surface area contributed by atoms with Gasteiger partial charge in [-0.15, -0.1) is 6.58 Å². The molecule has 1 amide bonds.